The Kier molecular flexibility index (Phi) is 6.83. The lowest BCUT2D eigenvalue weighted by molar-refractivity contribution is -0.119. The number of carbonyl (C=O) groups excluding carboxylic acids is 2. The van der Waals surface area contributed by atoms with E-state index in [1.807, 2.05) is 0 Å². The van der Waals surface area contributed by atoms with Gasteiger partial charge in [-0.1, -0.05) is 19.1 Å². The Labute approximate surface area is 159 Å². The largest absolute Gasteiger partial charge is 0.452 e. The van der Waals surface area contributed by atoms with E-state index < -0.39 is 39.3 Å². The molecule has 0 unspecified atom stereocenters. The highest BCUT2D eigenvalue weighted by atomic mass is 32.2. The van der Waals surface area contributed by atoms with Gasteiger partial charge in [0.1, 0.15) is 0 Å². The average molecular weight is 410 g/mol. The topological polar surface area (TPSA) is 133 Å². The van der Waals surface area contributed by atoms with Crippen molar-refractivity contribution in [2.75, 3.05) is 17.7 Å². The molecule has 0 aliphatic carbocycles. The number of esters is 1. The molecule has 0 radical (unpaired) electrons. The molecule has 0 saturated carbocycles. The molecule has 1 amide bonds. The lowest BCUT2D eigenvalue weighted by atomic mass is 10.2. The lowest BCUT2D eigenvalue weighted by Gasteiger charge is -2.09. The summed E-state index contributed by atoms with van der Waals surface area (Å²) in [6.45, 7) is 1.18. The number of anilines is 1. The van der Waals surface area contributed by atoms with Gasteiger partial charge in [0.2, 0.25) is 10.0 Å². The molecule has 2 aromatic carbocycles. The van der Waals surface area contributed by atoms with Crippen molar-refractivity contribution in [3.05, 3.63) is 54.1 Å². The number of carbonyl (C=O) groups is 2. The second kappa shape index (κ2) is 8.89. The highest BCUT2D eigenvalue weighted by Gasteiger charge is 2.17. The van der Waals surface area contributed by atoms with E-state index in [4.69, 9.17) is 9.88 Å². The standard InChI is InChI=1S/C17H18N2O6S2/c1-2-26(22)15-6-4-3-5-14(15)17(21)25-11-16(20)19-12-7-9-13(10-8-12)27(18,23)24/h3-10H,2,11H2,1H3,(H,19,20)(H2,18,23,24)/t26-/m0/s1. The van der Waals surface area contributed by atoms with Crippen molar-refractivity contribution >= 4 is 38.4 Å². The van der Waals surface area contributed by atoms with Crippen LogP contribution in [0.5, 0.6) is 0 Å². The van der Waals surface area contributed by atoms with E-state index in [0.29, 0.717) is 16.3 Å². The number of rotatable bonds is 7. The molecular weight excluding hydrogens is 392 g/mol. The predicted octanol–water partition coefficient (Wildman–Crippen LogP) is 1.26. The Hall–Kier alpha value is -2.56. The fraction of sp³-hybridized carbons (Fsp3) is 0.176. The van der Waals surface area contributed by atoms with Crippen LogP contribution in [0, 0.1) is 0 Å². The predicted molar refractivity (Wildman–Crippen MR) is 100 cm³/mol. The number of ether oxygens (including phenoxy) is 1. The Morgan fingerprint density at radius 2 is 1.74 bits per heavy atom. The monoisotopic (exact) mass is 410 g/mol. The maximum absolute atomic E-state index is 12.2. The van der Waals surface area contributed by atoms with Crippen LogP contribution in [-0.4, -0.2) is 36.9 Å². The molecule has 144 valence electrons. The van der Waals surface area contributed by atoms with Gasteiger partial charge in [-0.15, -0.1) is 0 Å². The van der Waals surface area contributed by atoms with E-state index in [1.165, 1.54) is 30.3 Å². The van der Waals surface area contributed by atoms with E-state index in [1.54, 1.807) is 25.1 Å². The number of amides is 1. The van der Waals surface area contributed by atoms with Crippen molar-refractivity contribution < 1.29 is 27.0 Å². The van der Waals surface area contributed by atoms with Gasteiger partial charge < -0.3 is 10.1 Å². The third-order valence-electron chi connectivity index (χ3n) is 3.42. The number of primary sulfonamides is 1. The minimum absolute atomic E-state index is 0.0903. The molecule has 0 spiro atoms. The molecule has 8 nitrogen and oxygen atoms in total. The van der Waals surface area contributed by atoms with E-state index in [2.05, 4.69) is 5.32 Å². The van der Waals surface area contributed by atoms with Crippen molar-refractivity contribution in [3.63, 3.8) is 0 Å². The molecule has 0 fully saturated rings. The third-order valence-corrected chi connectivity index (χ3v) is 5.72. The smallest absolute Gasteiger partial charge is 0.339 e. The Balaban J connectivity index is 1.98. The molecular formula is C17H18N2O6S2. The van der Waals surface area contributed by atoms with E-state index in [9.17, 15) is 22.2 Å². The first-order valence-electron chi connectivity index (χ1n) is 7.79. The zero-order chi connectivity index (χ0) is 20.0. The van der Waals surface area contributed by atoms with Crippen molar-refractivity contribution in [2.45, 2.75) is 16.7 Å². The van der Waals surface area contributed by atoms with Crippen LogP contribution in [0.25, 0.3) is 0 Å². The second-order valence-electron chi connectivity index (χ2n) is 5.32. The number of nitrogens with two attached hydrogens (primary N) is 1. The van der Waals surface area contributed by atoms with Gasteiger partial charge in [-0.2, -0.15) is 0 Å². The van der Waals surface area contributed by atoms with Gasteiger partial charge in [0.05, 0.1) is 26.2 Å². The van der Waals surface area contributed by atoms with Crippen LogP contribution >= 0.6 is 0 Å². The number of sulfonamides is 1. The zero-order valence-corrected chi connectivity index (χ0v) is 16.0. The summed E-state index contributed by atoms with van der Waals surface area (Å²) in [5.41, 5.74) is 0.457. The lowest BCUT2D eigenvalue weighted by Crippen LogP contribution is -2.21. The molecule has 0 saturated heterocycles. The summed E-state index contributed by atoms with van der Waals surface area (Å²) in [6, 6.07) is 11.5. The quantitative estimate of drug-likeness (QED) is 0.660. The summed E-state index contributed by atoms with van der Waals surface area (Å²) < 4.78 is 39.3. The zero-order valence-electron chi connectivity index (χ0n) is 14.4. The van der Waals surface area contributed by atoms with Crippen molar-refractivity contribution in [2.24, 2.45) is 5.14 Å². The summed E-state index contributed by atoms with van der Waals surface area (Å²) in [6.07, 6.45) is 0. The molecule has 2 aromatic rings. The average Bonchev–Trinajstić information content (AvgIpc) is 2.65. The van der Waals surface area contributed by atoms with Gasteiger partial charge in [0, 0.05) is 11.4 Å². The van der Waals surface area contributed by atoms with Crippen LogP contribution in [0.1, 0.15) is 17.3 Å². The fourth-order valence-electron chi connectivity index (χ4n) is 2.12. The Morgan fingerprint density at radius 3 is 2.33 bits per heavy atom. The summed E-state index contributed by atoms with van der Waals surface area (Å²) in [5.74, 6) is -1.02. The summed E-state index contributed by atoms with van der Waals surface area (Å²) in [5, 5.41) is 7.46. The molecule has 27 heavy (non-hydrogen) atoms. The Morgan fingerprint density at radius 1 is 1.11 bits per heavy atom. The van der Waals surface area contributed by atoms with E-state index in [-0.39, 0.29) is 10.5 Å². The normalized spacial score (nSPS) is 12.2. The fourth-order valence-corrected chi connectivity index (χ4v) is 3.58. The van der Waals surface area contributed by atoms with Crippen LogP contribution in [-0.2, 0) is 30.4 Å². The van der Waals surface area contributed by atoms with Crippen LogP contribution < -0.4 is 10.5 Å². The van der Waals surface area contributed by atoms with Crippen LogP contribution in [0.3, 0.4) is 0 Å². The van der Waals surface area contributed by atoms with Gasteiger partial charge in [-0.3, -0.25) is 9.00 Å². The van der Waals surface area contributed by atoms with Crippen molar-refractivity contribution in [1.29, 1.82) is 0 Å². The molecule has 3 N–H and O–H groups in total. The highest BCUT2D eigenvalue weighted by molar-refractivity contribution is 7.89. The molecule has 1 atom stereocenters. The molecule has 10 heteroatoms. The number of hydrogen-bond donors (Lipinski definition) is 2. The van der Waals surface area contributed by atoms with Crippen LogP contribution in [0.15, 0.2) is 58.3 Å². The highest BCUT2D eigenvalue weighted by Crippen LogP contribution is 2.16. The van der Waals surface area contributed by atoms with Gasteiger partial charge in [0.15, 0.2) is 6.61 Å². The molecule has 0 bridgehead atoms. The third kappa shape index (κ3) is 5.71. The molecule has 2 rings (SSSR count). The maximum atomic E-state index is 12.2. The van der Waals surface area contributed by atoms with E-state index in [0.717, 1.165) is 0 Å². The number of benzene rings is 2. The van der Waals surface area contributed by atoms with Crippen LogP contribution in [0.4, 0.5) is 5.69 Å². The summed E-state index contributed by atoms with van der Waals surface area (Å²) >= 11 is 0. The molecule has 0 aromatic heterocycles. The van der Waals surface area contributed by atoms with Gasteiger partial charge >= 0.3 is 5.97 Å². The first kappa shape index (κ1) is 20.7. The van der Waals surface area contributed by atoms with Crippen molar-refractivity contribution in [3.8, 4) is 0 Å². The first-order valence-corrected chi connectivity index (χ1v) is 10.7. The molecule has 0 aliphatic rings. The molecule has 0 aliphatic heterocycles. The first-order chi connectivity index (χ1) is 12.7. The summed E-state index contributed by atoms with van der Waals surface area (Å²) in [7, 11) is -5.16. The molecule has 0 heterocycles. The second-order valence-corrected chi connectivity index (χ2v) is 8.59. The van der Waals surface area contributed by atoms with Gasteiger partial charge in [-0.05, 0) is 36.4 Å². The van der Waals surface area contributed by atoms with Crippen LogP contribution in [0.2, 0.25) is 0 Å². The van der Waals surface area contributed by atoms with E-state index >= 15 is 0 Å². The maximum Gasteiger partial charge on any atom is 0.339 e. The van der Waals surface area contributed by atoms with Gasteiger partial charge in [0.25, 0.3) is 5.91 Å². The number of nitrogens with one attached hydrogen (secondary N) is 1. The van der Waals surface area contributed by atoms with Gasteiger partial charge in [-0.25, -0.2) is 18.4 Å². The Bertz CT molecular complexity index is 971. The SMILES string of the molecule is CC[S@](=O)c1ccccc1C(=O)OCC(=O)Nc1ccc(S(N)(=O)=O)cc1. The summed E-state index contributed by atoms with van der Waals surface area (Å²) in [4.78, 5) is 24.4. The van der Waals surface area contributed by atoms with Crippen molar-refractivity contribution in [1.82, 2.24) is 0 Å². The minimum atomic E-state index is -3.82. The number of hydrogen-bond acceptors (Lipinski definition) is 6. The minimum Gasteiger partial charge on any atom is -0.452 e.